The van der Waals surface area contributed by atoms with Crippen LogP contribution in [-0.2, 0) is 6.54 Å². The van der Waals surface area contributed by atoms with Crippen molar-refractivity contribution in [1.29, 1.82) is 0 Å². The molecule has 0 spiro atoms. The maximum absolute atomic E-state index is 12.3. The minimum Gasteiger partial charge on any atom is -0.466 e. The van der Waals surface area contributed by atoms with Gasteiger partial charge in [-0.05, 0) is 31.9 Å². The molecule has 0 unspecified atom stereocenters. The van der Waals surface area contributed by atoms with Gasteiger partial charge in [0.15, 0.2) is 0 Å². The Morgan fingerprint density at radius 3 is 2.77 bits per heavy atom. The number of nitrogens with one attached hydrogen (secondary N) is 1. The first-order chi connectivity index (χ1) is 10.6. The average molecular weight is 298 g/mol. The van der Waals surface area contributed by atoms with Crippen molar-refractivity contribution in [3.8, 4) is 0 Å². The molecule has 1 aromatic carbocycles. The molecule has 1 atom stereocenters. The van der Waals surface area contributed by atoms with Gasteiger partial charge < -0.3 is 9.73 Å². The van der Waals surface area contributed by atoms with Crippen molar-refractivity contribution < 1.29 is 9.21 Å². The van der Waals surface area contributed by atoms with E-state index >= 15 is 0 Å². The van der Waals surface area contributed by atoms with E-state index in [1.807, 2.05) is 19.9 Å². The number of nitrogens with zero attached hydrogens (tertiary/aromatic N) is 1. The van der Waals surface area contributed by atoms with Crippen LogP contribution in [0, 0.1) is 13.8 Å². The smallest absolute Gasteiger partial charge is 0.255 e. The molecule has 4 heteroatoms. The van der Waals surface area contributed by atoms with Crippen LogP contribution in [0.5, 0.6) is 0 Å². The molecule has 1 saturated heterocycles. The highest BCUT2D eigenvalue weighted by Gasteiger charge is 2.25. The third-order valence-corrected chi connectivity index (χ3v) is 4.14. The Balaban J connectivity index is 1.55. The first-order valence-electron chi connectivity index (χ1n) is 7.76. The normalized spacial score (nSPS) is 18.5. The first-order valence-corrected chi connectivity index (χ1v) is 7.76. The van der Waals surface area contributed by atoms with E-state index in [0.717, 1.165) is 31.8 Å². The first kappa shape index (κ1) is 14.9. The van der Waals surface area contributed by atoms with Gasteiger partial charge in [-0.15, -0.1) is 0 Å². The summed E-state index contributed by atoms with van der Waals surface area (Å²) in [5, 5.41) is 3.12. The predicted octanol–water partition coefficient (Wildman–Crippen LogP) is 2.90. The molecule has 2 aromatic rings. The molecule has 0 radical (unpaired) electrons. The van der Waals surface area contributed by atoms with Crippen molar-refractivity contribution in [3.05, 3.63) is 59.0 Å². The molecule has 1 N–H and O–H groups in total. The highest BCUT2D eigenvalue weighted by Crippen LogP contribution is 2.16. The number of benzene rings is 1. The Morgan fingerprint density at radius 1 is 1.32 bits per heavy atom. The molecule has 1 amide bonds. The van der Waals surface area contributed by atoms with Gasteiger partial charge in [-0.1, -0.05) is 30.3 Å². The minimum absolute atomic E-state index is 0.0269. The van der Waals surface area contributed by atoms with Gasteiger partial charge in [0.05, 0.1) is 5.56 Å². The Kier molecular flexibility index (Phi) is 4.29. The Bertz CT molecular complexity index is 648. The summed E-state index contributed by atoms with van der Waals surface area (Å²) in [6.45, 7) is 6.55. The number of carbonyl (C=O) groups is 1. The van der Waals surface area contributed by atoms with Gasteiger partial charge in [0.1, 0.15) is 11.5 Å². The van der Waals surface area contributed by atoms with Crippen LogP contribution in [0.15, 0.2) is 40.8 Å². The number of aryl methyl sites for hydroxylation is 2. The van der Waals surface area contributed by atoms with Crippen LogP contribution in [-0.4, -0.2) is 29.9 Å². The fourth-order valence-electron chi connectivity index (χ4n) is 3.06. The van der Waals surface area contributed by atoms with Gasteiger partial charge in [0.2, 0.25) is 0 Å². The fourth-order valence-corrected chi connectivity index (χ4v) is 3.06. The van der Waals surface area contributed by atoms with Crippen molar-refractivity contribution in [3.63, 3.8) is 0 Å². The summed E-state index contributed by atoms with van der Waals surface area (Å²) in [6.07, 6.45) is 0.994. The molecule has 2 heterocycles. The Hall–Kier alpha value is -2.07. The van der Waals surface area contributed by atoms with Gasteiger partial charge in [0, 0.05) is 25.7 Å². The van der Waals surface area contributed by atoms with E-state index in [2.05, 4.69) is 34.5 Å². The highest BCUT2D eigenvalue weighted by molar-refractivity contribution is 5.95. The quantitative estimate of drug-likeness (QED) is 0.944. The molecule has 1 fully saturated rings. The third-order valence-electron chi connectivity index (χ3n) is 4.14. The molecule has 1 aliphatic rings. The van der Waals surface area contributed by atoms with Crippen LogP contribution < -0.4 is 5.32 Å². The van der Waals surface area contributed by atoms with Crippen molar-refractivity contribution >= 4 is 5.91 Å². The highest BCUT2D eigenvalue weighted by atomic mass is 16.3. The molecule has 3 rings (SSSR count). The average Bonchev–Trinajstić information content (AvgIpc) is 3.06. The standard InChI is InChI=1S/C18H22N2O2/c1-13-10-17(14(2)22-13)18(21)19-16-8-9-20(12-16)11-15-6-4-3-5-7-15/h3-7,10,16H,8-9,11-12H2,1-2H3,(H,19,21)/t16-/m1/s1. The molecule has 0 aliphatic carbocycles. The maximum atomic E-state index is 12.3. The van der Waals surface area contributed by atoms with Gasteiger partial charge in [-0.3, -0.25) is 9.69 Å². The number of rotatable bonds is 4. The van der Waals surface area contributed by atoms with Crippen LogP contribution in [0.25, 0.3) is 0 Å². The van der Waals surface area contributed by atoms with Crippen molar-refractivity contribution in [2.45, 2.75) is 32.9 Å². The zero-order valence-corrected chi connectivity index (χ0v) is 13.1. The van der Waals surface area contributed by atoms with E-state index in [4.69, 9.17) is 4.42 Å². The van der Waals surface area contributed by atoms with Crippen LogP contribution in [0.4, 0.5) is 0 Å². The second-order valence-electron chi connectivity index (χ2n) is 6.01. The van der Waals surface area contributed by atoms with Crippen LogP contribution in [0.1, 0.15) is 33.9 Å². The summed E-state index contributed by atoms with van der Waals surface area (Å²) in [5.41, 5.74) is 1.97. The molecule has 1 aliphatic heterocycles. The molecule has 4 nitrogen and oxygen atoms in total. The lowest BCUT2D eigenvalue weighted by molar-refractivity contribution is 0.0936. The lowest BCUT2D eigenvalue weighted by Gasteiger charge is -2.16. The fraction of sp³-hybridized carbons (Fsp3) is 0.389. The summed E-state index contributed by atoms with van der Waals surface area (Å²) in [4.78, 5) is 14.7. The van der Waals surface area contributed by atoms with Crippen LogP contribution in [0.2, 0.25) is 0 Å². The third kappa shape index (κ3) is 3.39. The number of hydrogen-bond donors (Lipinski definition) is 1. The summed E-state index contributed by atoms with van der Waals surface area (Å²) in [6, 6.07) is 12.5. The number of furan rings is 1. The van der Waals surface area contributed by atoms with Crippen molar-refractivity contribution in [2.75, 3.05) is 13.1 Å². The number of likely N-dealkylation sites (tertiary alicyclic amines) is 1. The molecule has 1 aromatic heterocycles. The van der Waals surface area contributed by atoms with Crippen LogP contribution >= 0.6 is 0 Å². The van der Waals surface area contributed by atoms with Gasteiger partial charge in [-0.2, -0.15) is 0 Å². The largest absolute Gasteiger partial charge is 0.466 e. The van der Waals surface area contributed by atoms with E-state index in [0.29, 0.717) is 11.3 Å². The van der Waals surface area contributed by atoms with Gasteiger partial charge in [-0.25, -0.2) is 0 Å². The lowest BCUT2D eigenvalue weighted by Crippen LogP contribution is -2.37. The molecular weight excluding hydrogens is 276 g/mol. The van der Waals surface area contributed by atoms with E-state index < -0.39 is 0 Å². The number of carbonyl (C=O) groups excluding carboxylic acids is 1. The van der Waals surface area contributed by atoms with E-state index in [-0.39, 0.29) is 11.9 Å². The van der Waals surface area contributed by atoms with Crippen molar-refractivity contribution in [2.24, 2.45) is 0 Å². The second kappa shape index (κ2) is 6.36. The summed E-state index contributed by atoms with van der Waals surface area (Å²) >= 11 is 0. The molecule has 116 valence electrons. The zero-order chi connectivity index (χ0) is 15.5. The SMILES string of the molecule is Cc1cc(C(=O)N[C@@H]2CCN(Cc3ccccc3)C2)c(C)o1. The number of amides is 1. The Labute approximate surface area is 131 Å². The molecule has 0 saturated carbocycles. The topological polar surface area (TPSA) is 45.5 Å². The summed E-state index contributed by atoms with van der Waals surface area (Å²) in [7, 11) is 0. The van der Waals surface area contributed by atoms with Gasteiger partial charge in [0.25, 0.3) is 5.91 Å². The van der Waals surface area contributed by atoms with Crippen LogP contribution in [0.3, 0.4) is 0 Å². The Morgan fingerprint density at radius 2 is 2.09 bits per heavy atom. The summed E-state index contributed by atoms with van der Waals surface area (Å²) < 4.78 is 5.43. The zero-order valence-electron chi connectivity index (χ0n) is 13.1. The van der Waals surface area contributed by atoms with E-state index in [1.165, 1.54) is 5.56 Å². The number of hydrogen-bond acceptors (Lipinski definition) is 3. The van der Waals surface area contributed by atoms with E-state index in [1.54, 1.807) is 6.07 Å². The molecule has 0 bridgehead atoms. The summed E-state index contributed by atoms with van der Waals surface area (Å²) in [5.74, 6) is 1.44. The predicted molar refractivity (Wildman–Crippen MR) is 85.8 cm³/mol. The molecular formula is C18H22N2O2. The minimum atomic E-state index is -0.0269. The maximum Gasteiger partial charge on any atom is 0.255 e. The second-order valence-corrected chi connectivity index (χ2v) is 6.01. The van der Waals surface area contributed by atoms with Gasteiger partial charge >= 0.3 is 0 Å². The monoisotopic (exact) mass is 298 g/mol. The molecule has 22 heavy (non-hydrogen) atoms. The lowest BCUT2D eigenvalue weighted by atomic mass is 10.2. The van der Waals surface area contributed by atoms with Crippen molar-refractivity contribution in [1.82, 2.24) is 10.2 Å². The van der Waals surface area contributed by atoms with E-state index in [9.17, 15) is 4.79 Å².